The fourth-order valence-electron chi connectivity index (χ4n) is 7.06. The second kappa shape index (κ2) is 9.64. The van der Waals surface area contributed by atoms with E-state index in [-0.39, 0.29) is 87.8 Å². The highest BCUT2D eigenvalue weighted by Gasteiger charge is 2.16. The van der Waals surface area contributed by atoms with Crippen LogP contribution < -0.4 is 0 Å². The molecule has 0 radical (unpaired) electrons. The van der Waals surface area contributed by atoms with Crippen molar-refractivity contribution in [1.29, 1.82) is 0 Å². The predicted octanol–water partition coefficient (Wildman–Crippen LogP) is 13.6. The average Bonchev–Trinajstić information content (AvgIpc) is 3.30. The molecule has 0 nitrogen and oxygen atoms in total. The fraction of sp³-hybridized carbons (Fsp3) is 0. The SMILES string of the molecule is [2H]c1c([2H])c2c([2H])c([2H])c3c([2H])c([2H])c(-c4ccc(-c5cc(-c6c([2H])c([2H])c7c([2H])c([2H])c8c([2H])c([2H])c([2H])c9c([2H])c([2H])c6c7c89)c6ccccc6c5)cc4)c4c([2H])c([2H])c(c1[2H])c2c34. The Hall–Kier alpha value is -6.24. The van der Waals surface area contributed by atoms with Gasteiger partial charge in [-0.05, 0) is 121 Å². The van der Waals surface area contributed by atoms with Crippen LogP contribution >= 0.6 is 0 Å². The van der Waals surface area contributed by atoms with Crippen LogP contribution in [0.3, 0.4) is 0 Å². The smallest absolute Gasteiger partial charge is 0.0616 e. The van der Waals surface area contributed by atoms with Gasteiger partial charge in [0.05, 0.1) is 24.7 Å². The molecule has 220 valence electrons. The van der Waals surface area contributed by atoms with Gasteiger partial charge < -0.3 is 0 Å². The monoisotopic (exact) mass is 622 g/mol. The van der Waals surface area contributed by atoms with E-state index in [4.69, 9.17) is 17.8 Å². The third kappa shape index (κ3) is 3.60. The molecule has 11 aromatic carbocycles. The van der Waals surface area contributed by atoms with Crippen molar-refractivity contribution in [3.63, 3.8) is 0 Å². The molecular formula is C48H28. The van der Waals surface area contributed by atoms with Crippen molar-refractivity contribution in [3.8, 4) is 33.4 Å². The number of fused-ring (bicyclic) bond motifs is 1. The van der Waals surface area contributed by atoms with Gasteiger partial charge in [0.15, 0.2) is 0 Å². The third-order valence-corrected chi connectivity index (χ3v) is 9.26. The van der Waals surface area contributed by atoms with Crippen molar-refractivity contribution >= 4 is 75.4 Å². The van der Waals surface area contributed by atoms with Crippen molar-refractivity contribution in [2.45, 2.75) is 0 Å². The van der Waals surface area contributed by atoms with E-state index in [1.54, 1.807) is 36.4 Å². The first kappa shape index (κ1) is 14.3. The van der Waals surface area contributed by atoms with Gasteiger partial charge in [0.25, 0.3) is 0 Å². The van der Waals surface area contributed by atoms with Gasteiger partial charge in [-0.25, -0.2) is 0 Å². The Morgan fingerprint density at radius 1 is 0.292 bits per heavy atom. The first-order valence-corrected chi connectivity index (χ1v) is 15.3. The zero-order valence-corrected chi connectivity index (χ0v) is 24.8. The summed E-state index contributed by atoms with van der Waals surface area (Å²) in [5.41, 5.74) is 2.13. The van der Waals surface area contributed by atoms with Crippen LogP contribution in [0.25, 0.3) is 109 Å². The maximum Gasteiger partial charge on any atom is 0.0630 e. The van der Waals surface area contributed by atoms with Crippen LogP contribution in [0, 0.1) is 0 Å². The van der Waals surface area contributed by atoms with Crippen LogP contribution in [0.4, 0.5) is 0 Å². The minimum Gasteiger partial charge on any atom is -0.0616 e. The van der Waals surface area contributed by atoms with Crippen molar-refractivity contribution in [2.24, 2.45) is 0 Å². The maximum atomic E-state index is 9.46. The molecule has 0 saturated carbocycles. The number of rotatable bonds is 3. The Morgan fingerprint density at radius 2 is 0.771 bits per heavy atom. The van der Waals surface area contributed by atoms with E-state index >= 15 is 0 Å². The van der Waals surface area contributed by atoms with Crippen LogP contribution in [0.2, 0.25) is 0 Å². The van der Waals surface area contributed by atoms with Crippen LogP contribution in [0.5, 0.6) is 0 Å². The molecule has 0 aromatic heterocycles. The van der Waals surface area contributed by atoms with E-state index in [2.05, 4.69) is 0 Å². The summed E-state index contributed by atoms with van der Waals surface area (Å²) in [6, 6.07) is 9.45. The summed E-state index contributed by atoms with van der Waals surface area (Å²) in [5.74, 6) is 0. The van der Waals surface area contributed by atoms with E-state index in [0.717, 1.165) is 0 Å². The van der Waals surface area contributed by atoms with Crippen LogP contribution in [0.15, 0.2) is 169 Å². The van der Waals surface area contributed by atoms with Gasteiger partial charge in [-0.3, -0.25) is 0 Å². The first-order valence-electron chi connectivity index (χ1n) is 24.3. The lowest BCUT2D eigenvalue weighted by molar-refractivity contribution is 1.62. The van der Waals surface area contributed by atoms with E-state index < -0.39 is 96.7 Å². The molecule has 0 bridgehead atoms. The topological polar surface area (TPSA) is 0 Å². The number of hydrogen-bond donors (Lipinski definition) is 0. The zero-order valence-electron chi connectivity index (χ0n) is 42.8. The molecule has 48 heavy (non-hydrogen) atoms. The lowest BCUT2D eigenvalue weighted by Gasteiger charge is -2.17. The zero-order chi connectivity index (χ0) is 47.0. The summed E-state index contributed by atoms with van der Waals surface area (Å²) < 4.78 is 161. The van der Waals surface area contributed by atoms with E-state index in [0.29, 0.717) is 33.0 Å². The average molecular weight is 623 g/mol. The molecule has 0 saturated heterocycles. The summed E-state index contributed by atoms with van der Waals surface area (Å²) in [7, 11) is 0. The molecule has 0 amide bonds. The second-order valence-corrected chi connectivity index (χ2v) is 11.8. The van der Waals surface area contributed by atoms with Crippen molar-refractivity contribution in [1.82, 2.24) is 0 Å². The Labute approximate surface area is 303 Å². The van der Waals surface area contributed by atoms with Gasteiger partial charge in [-0.1, -0.05) is 157 Å². The summed E-state index contributed by atoms with van der Waals surface area (Å²) in [5, 5.41) is 0.800. The molecule has 0 aliphatic rings. The van der Waals surface area contributed by atoms with Gasteiger partial charge >= 0.3 is 0 Å². The minimum atomic E-state index is -0.558. The van der Waals surface area contributed by atoms with Gasteiger partial charge in [0.2, 0.25) is 0 Å². The van der Waals surface area contributed by atoms with Gasteiger partial charge in [0.1, 0.15) is 0 Å². The summed E-state index contributed by atoms with van der Waals surface area (Å²) in [6.45, 7) is 0. The summed E-state index contributed by atoms with van der Waals surface area (Å²) >= 11 is 0. The lowest BCUT2D eigenvalue weighted by atomic mass is 9.87. The van der Waals surface area contributed by atoms with Crippen molar-refractivity contribution in [2.75, 3.05) is 0 Å². The number of benzene rings is 11. The quantitative estimate of drug-likeness (QED) is 0.172. The predicted molar refractivity (Wildman–Crippen MR) is 208 cm³/mol. The molecule has 0 heteroatoms. The van der Waals surface area contributed by atoms with Crippen LogP contribution in [-0.4, -0.2) is 0 Å². The number of hydrogen-bond acceptors (Lipinski definition) is 0. The van der Waals surface area contributed by atoms with Gasteiger partial charge in [0, 0.05) is 0 Å². The molecule has 0 atom stereocenters. The van der Waals surface area contributed by atoms with Crippen molar-refractivity contribution < 1.29 is 24.7 Å². The van der Waals surface area contributed by atoms with Crippen LogP contribution in [0.1, 0.15) is 24.7 Å². The highest BCUT2D eigenvalue weighted by molar-refractivity contribution is 6.27. The first-order chi connectivity index (χ1) is 31.3. The molecule has 0 fully saturated rings. The molecular weight excluding hydrogens is 577 g/mol. The molecule has 11 aromatic rings. The second-order valence-electron chi connectivity index (χ2n) is 11.8. The fourth-order valence-corrected chi connectivity index (χ4v) is 7.06. The summed E-state index contributed by atoms with van der Waals surface area (Å²) in [4.78, 5) is 0. The van der Waals surface area contributed by atoms with E-state index in [1.807, 2.05) is 24.3 Å². The Morgan fingerprint density at radius 3 is 1.40 bits per heavy atom. The van der Waals surface area contributed by atoms with Gasteiger partial charge in [-0.15, -0.1) is 0 Å². The van der Waals surface area contributed by atoms with Gasteiger partial charge in [-0.2, -0.15) is 0 Å². The Bertz CT molecular complexity index is 4020. The van der Waals surface area contributed by atoms with E-state index in [9.17, 15) is 6.85 Å². The lowest BCUT2D eigenvalue weighted by Crippen LogP contribution is -1.90. The highest BCUT2D eigenvalue weighted by atomic mass is 14.2. The Kier molecular flexibility index (Phi) is 2.86. The standard InChI is InChI=1S/C48H28/c1-2-10-39-37(5-1)27-38(28-44(39)41-24-20-36-18-16-32-7-4-9-34-22-26-43(41)48(36)46(32)34)29-11-13-30(14-12-29)40-23-19-35-17-15-31-6-3-8-33-21-25-42(40)47(35)45(31)33/h1-28H/i3D,4D,6D,7D,8D,9D,15D,16D,17D,18D,19D,20D,21D,22D,23D,24D,25D,26D. The molecule has 0 aliphatic heterocycles. The largest absolute Gasteiger partial charge is 0.0630 e. The third-order valence-electron chi connectivity index (χ3n) is 9.26. The molecule has 11 rings (SSSR count). The van der Waals surface area contributed by atoms with Crippen LogP contribution in [-0.2, 0) is 0 Å². The normalized spacial score (nSPS) is 17.4. The molecule has 0 unspecified atom stereocenters. The molecule has 0 N–H and O–H groups in total. The molecule has 0 aliphatic carbocycles. The summed E-state index contributed by atoms with van der Waals surface area (Å²) in [6.07, 6.45) is 0. The highest BCUT2D eigenvalue weighted by Crippen LogP contribution is 2.43. The molecule has 0 spiro atoms. The van der Waals surface area contributed by atoms with Crippen molar-refractivity contribution in [3.05, 3.63) is 169 Å². The van der Waals surface area contributed by atoms with E-state index in [1.165, 1.54) is 0 Å². The Balaban J connectivity index is 1.18. The minimum absolute atomic E-state index is 0.0294. The maximum absolute atomic E-state index is 9.46. The molecule has 0 heterocycles.